The molecule has 68 valence electrons. The van der Waals surface area contributed by atoms with E-state index in [4.69, 9.17) is 0 Å². The standard InChI is InChI=1S/C9H16N2O/c1-9(2,11-5-12)8-6-3-10-4-7(6)8/h5-8,10H,3-4H2,1-2H3,(H,11,12). The minimum atomic E-state index is -0.000810. The number of piperidine rings is 1. The van der Waals surface area contributed by atoms with Crippen LogP contribution < -0.4 is 10.6 Å². The van der Waals surface area contributed by atoms with Crippen molar-refractivity contribution in [3.8, 4) is 0 Å². The molecule has 3 heteroatoms. The van der Waals surface area contributed by atoms with Crippen molar-refractivity contribution in [1.29, 1.82) is 0 Å². The van der Waals surface area contributed by atoms with E-state index in [1.165, 1.54) is 0 Å². The summed E-state index contributed by atoms with van der Waals surface area (Å²) >= 11 is 0. The lowest BCUT2D eigenvalue weighted by Gasteiger charge is -2.26. The third-order valence-electron chi connectivity index (χ3n) is 3.36. The lowest BCUT2D eigenvalue weighted by molar-refractivity contribution is -0.111. The van der Waals surface area contributed by atoms with E-state index in [-0.39, 0.29) is 5.54 Å². The molecule has 1 heterocycles. The molecule has 12 heavy (non-hydrogen) atoms. The summed E-state index contributed by atoms with van der Waals surface area (Å²) in [6.45, 7) is 6.51. The van der Waals surface area contributed by atoms with Crippen molar-refractivity contribution in [3.63, 3.8) is 0 Å². The molecular weight excluding hydrogens is 152 g/mol. The van der Waals surface area contributed by atoms with Crippen molar-refractivity contribution >= 4 is 6.41 Å². The maximum atomic E-state index is 10.3. The van der Waals surface area contributed by atoms with E-state index in [0.29, 0.717) is 5.92 Å². The summed E-state index contributed by atoms with van der Waals surface area (Å²) in [7, 11) is 0. The van der Waals surface area contributed by atoms with Gasteiger partial charge in [-0.3, -0.25) is 4.79 Å². The van der Waals surface area contributed by atoms with Crippen LogP contribution in [0.3, 0.4) is 0 Å². The third kappa shape index (κ3) is 1.04. The van der Waals surface area contributed by atoms with Gasteiger partial charge in [0.05, 0.1) is 0 Å². The average Bonchev–Trinajstić information content (AvgIpc) is 2.50. The Balaban J connectivity index is 1.97. The van der Waals surface area contributed by atoms with Gasteiger partial charge in [0.1, 0.15) is 0 Å². The summed E-state index contributed by atoms with van der Waals surface area (Å²) in [4.78, 5) is 10.3. The van der Waals surface area contributed by atoms with Crippen LogP contribution >= 0.6 is 0 Å². The molecule has 2 N–H and O–H groups in total. The third-order valence-corrected chi connectivity index (χ3v) is 3.36. The van der Waals surface area contributed by atoms with Crippen LogP contribution in [-0.2, 0) is 4.79 Å². The Morgan fingerprint density at radius 3 is 2.50 bits per heavy atom. The highest BCUT2D eigenvalue weighted by Gasteiger charge is 2.59. The molecule has 0 bridgehead atoms. The zero-order valence-corrected chi connectivity index (χ0v) is 7.63. The van der Waals surface area contributed by atoms with E-state index in [0.717, 1.165) is 31.3 Å². The maximum Gasteiger partial charge on any atom is 0.207 e. The van der Waals surface area contributed by atoms with Gasteiger partial charge in [-0.1, -0.05) is 0 Å². The van der Waals surface area contributed by atoms with Gasteiger partial charge in [0.25, 0.3) is 0 Å². The molecule has 2 rings (SSSR count). The maximum absolute atomic E-state index is 10.3. The Labute approximate surface area is 72.9 Å². The molecule has 0 aromatic rings. The highest BCUT2D eigenvalue weighted by atomic mass is 16.1. The summed E-state index contributed by atoms with van der Waals surface area (Å²) in [5, 5.41) is 6.25. The van der Waals surface area contributed by atoms with Gasteiger partial charge >= 0.3 is 0 Å². The van der Waals surface area contributed by atoms with Crippen molar-refractivity contribution in [1.82, 2.24) is 10.6 Å². The first-order chi connectivity index (χ1) is 5.67. The van der Waals surface area contributed by atoms with Crippen LogP contribution in [0.1, 0.15) is 13.8 Å². The van der Waals surface area contributed by atoms with Gasteiger partial charge in [0.15, 0.2) is 0 Å². The minimum Gasteiger partial charge on any atom is -0.354 e. The van der Waals surface area contributed by atoms with E-state index in [1.807, 2.05) is 0 Å². The molecule has 2 aliphatic rings. The molecule has 1 saturated heterocycles. The minimum absolute atomic E-state index is 0.000810. The number of amides is 1. The van der Waals surface area contributed by atoms with Crippen LogP contribution in [0, 0.1) is 17.8 Å². The number of hydrogen-bond acceptors (Lipinski definition) is 2. The first-order valence-electron chi connectivity index (χ1n) is 4.59. The summed E-state index contributed by atoms with van der Waals surface area (Å²) in [6.07, 6.45) is 0.821. The second-order valence-electron chi connectivity index (χ2n) is 4.50. The van der Waals surface area contributed by atoms with Gasteiger partial charge < -0.3 is 10.6 Å². The fourth-order valence-electron chi connectivity index (χ4n) is 2.74. The molecule has 2 unspecified atom stereocenters. The summed E-state index contributed by atoms with van der Waals surface area (Å²) in [6, 6.07) is 0. The van der Waals surface area contributed by atoms with Crippen LogP contribution in [0.4, 0.5) is 0 Å². The number of nitrogens with one attached hydrogen (secondary N) is 2. The largest absolute Gasteiger partial charge is 0.354 e. The quantitative estimate of drug-likeness (QED) is 0.581. The molecule has 0 radical (unpaired) electrons. The number of carbonyl (C=O) groups excluding carboxylic acids is 1. The van der Waals surface area contributed by atoms with Crippen LogP contribution in [0.15, 0.2) is 0 Å². The molecule has 3 nitrogen and oxygen atoms in total. The molecular formula is C9H16N2O. The van der Waals surface area contributed by atoms with Crippen LogP contribution in [-0.4, -0.2) is 25.0 Å². The average molecular weight is 168 g/mol. The molecule has 2 fully saturated rings. The predicted octanol–water partition coefficient (Wildman–Crippen LogP) is -0.0236. The lowest BCUT2D eigenvalue weighted by atomic mass is 9.95. The van der Waals surface area contributed by atoms with Crippen molar-refractivity contribution in [2.75, 3.05) is 13.1 Å². The monoisotopic (exact) mass is 168 g/mol. The van der Waals surface area contributed by atoms with Gasteiger partial charge in [-0.05, 0) is 44.7 Å². The first kappa shape index (κ1) is 8.05. The second kappa shape index (κ2) is 2.46. The van der Waals surface area contributed by atoms with E-state index >= 15 is 0 Å². The SMILES string of the molecule is CC(C)(NC=O)C1C2CNCC21. The highest BCUT2D eigenvalue weighted by molar-refractivity contribution is 5.48. The predicted molar refractivity (Wildman–Crippen MR) is 46.6 cm³/mol. The van der Waals surface area contributed by atoms with E-state index in [2.05, 4.69) is 24.5 Å². The highest BCUT2D eigenvalue weighted by Crippen LogP contribution is 2.54. The molecule has 0 spiro atoms. The van der Waals surface area contributed by atoms with Gasteiger partial charge in [-0.15, -0.1) is 0 Å². The van der Waals surface area contributed by atoms with Crippen molar-refractivity contribution in [3.05, 3.63) is 0 Å². The molecule has 1 saturated carbocycles. The fourth-order valence-corrected chi connectivity index (χ4v) is 2.74. The van der Waals surface area contributed by atoms with Crippen molar-refractivity contribution in [2.45, 2.75) is 19.4 Å². The van der Waals surface area contributed by atoms with E-state index in [1.54, 1.807) is 0 Å². The van der Waals surface area contributed by atoms with Gasteiger partial charge in [-0.25, -0.2) is 0 Å². The lowest BCUT2D eigenvalue weighted by Crippen LogP contribution is -2.43. The van der Waals surface area contributed by atoms with Gasteiger partial charge in [0.2, 0.25) is 6.41 Å². The molecule has 2 atom stereocenters. The molecule has 1 aliphatic heterocycles. The van der Waals surface area contributed by atoms with Crippen LogP contribution in [0.25, 0.3) is 0 Å². The topological polar surface area (TPSA) is 41.1 Å². The molecule has 0 aromatic heterocycles. The molecule has 1 aliphatic carbocycles. The van der Waals surface area contributed by atoms with E-state index in [9.17, 15) is 4.79 Å². The zero-order chi connectivity index (χ0) is 8.77. The zero-order valence-electron chi connectivity index (χ0n) is 7.63. The Morgan fingerprint density at radius 1 is 1.42 bits per heavy atom. The second-order valence-corrected chi connectivity index (χ2v) is 4.50. The Kier molecular flexibility index (Phi) is 1.65. The molecule has 0 aromatic carbocycles. The van der Waals surface area contributed by atoms with Crippen LogP contribution in [0.2, 0.25) is 0 Å². The van der Waals surface area contributed by atoms with Crippen LogP contribution in [0.5, 0.6) is 0 Å². The Morgan fingerprint density at radius 2 is 2.00 bits per heavy atom. The van der Waals surface area contributed by atoms with Gasteiger partial charge in [-0.2, -0.15) is 0 Å². The summed E-state index contributed by atoms with van der Waals surface area (Å²) in [5.74, 6) is 2.32. The Bertz CT molecular complexity index is 193. The summed E-state index contributed by atoms with van der Waals surface area (Å²) in [5.41, 5.74) is -0.000810. The summed E-state index contributed by atoms with van der Waals surface area (Å²) < 4.78 is 0. The van der Waals surface area contributed by atoms with Gasteiger partial charge in [0, 0.05) is 5.54 Å². The van der Waals surface area contributed by atoms with Crippen molar-refractivity contribution in [2.24, 2.45) is 17.8 Å². The number of rotatable bonds is 3. The number of carbonyl (C=O) groups is 1. The Hall–Kier alpha value is -0.570. The smallest absolute Gasteiger partial charge is 0.207 e. The number of fused-ring (bicyclic) bond motifs is 1. The number of hydrogen-bond donors (Lipinski definition) is 2. The van der Waals surface area contributed by atoms with Crippen molar-refractivity contribution < 1.29 is 4.79 Å². The normalized spacial score (nSPS) is 39.0. The first-order valence-corrected chi connectivity index (χ1v) is 4.59. The fraction of sp³-hybridized carbons (Fsp3) is 0.889. The van der Waals surface area contributed by atoms with E-state index < -0.39 is 0 Å². The molecule has 1 amide bonds.